The molecule has 4 nitrogen and oxygen atoms in total. The molecular formula is C13H16N2O2S. The number of aromatic nitrogens is 1. The van der Waals surface area contributed by atoms with Crippen molar-refractivity contribution in [1.82, 2.24) is 10.3 Å². The van der Waals surface area contributed by atoms with Gasteiger partial charge >= 0.3 is 0 Å². The maximum atomic E-state index is 11.8. The van der Waals surface area contributed by atoms with Crippen LogP contribution in [0.1, 0.15) is 35.2 Å². The Morgan fingerprint density at radius 3 is 2.83 bits per heavy atom. The second kappa shape index (κ2) is 5.35. The van der Waals surface area contributed by atoms with Gasteiger partial charge in [-0.05, 0) is 32.9 Å². The van der Waals surface area contributed by atoms with Crippen LogP contribution in [0.5, 0.6) is 0 Å². The summed E-state index contributed by atoms with van der Waals surface area (Å²) in [7, 11) is 0. The molecule has 0 aliphatic carbocycles. The fraction of sp³-hybridized carbons (Fsp3) is 0.385. The van der Waals surface area contributed by atoms with Crippen molar-refractivity contribution >= 4 is 17.2 Å². The number of hydrogen-bond acceptors (Lipinski definition) is 4. The van der Waals surface area contributed by atoms with Crippen molar-refractivity contribution in [3.63, 3.8) is 0 Å². The van der Waals surface area contributed by atoms with Gasteiger partial charge in [0.15, 0.2) is 0 Å². The summed E-state index contributed by atoms with van der Waals surface area (Å²) in [5, 5.41) is 5.79. The van der Waals surface area contributed by atoms with E-state index in [1.165, 1.54) is 0 Å². The molecule has 0 fully saturated rings. The predicted molar refractivity (Wildman–Crippen MR) is 70.6 cm³/mol. The smallest absolute Gasteiger partial charge is 0.226 e. The number of carbonyl (C=O) groups is 1. The van der Waals surface area contributed by atoms with Gasteiger partial charge in [0.2, 0.25) is 5.91 Å². The molecule has 96 valence electrons. The van der Waals surface area contributed by atoms with Crippen molar-refractivity contribution in [2.75, 3.05) is 0 Å². The van der Waals surface area contributed by atoms with Crippen LogP contribution in [0, 0.1) is 13.8 Å². The molecule has 5 heteroatoms. The Morgan fingerprint density at radius 1 is 1.50 bits per heavy atom. The number of nitrogens with zero attached hydrogens (tertiary/aromatic N) is 1. The minimum atomic E-state index is -0.120. The molecule has 0 radical (unpaired) electrons. The predicted octanol–water partition coefficient (Wildman–Crippen LogP) is 2.77. The lowest BCUT2D eigenvalue weighted by Crippen LogP contribution is -2.27. The van der Waals surface area contributed by atoms with Crippen LogP contribution in [0.2, 0.25) is 0 Å². The van der Waals surface area contributed by atoms with Crippen molar-refractivity contribution in [1.29, 1.82) is 0 Å². The molecule has 0 spiro atoms. The molecule has 1 atom stereocenters. The van der Waals surface area contributed by atoms with Gasteiger partial charge < -0.3 is 9.73 Å². The molecule has 1 N–H and O–H groups in total. The van der Waals surface area contributed by atoms with E-state index in [0.29, 0.717) is 6.42 Å². The highest BCUT2D eigenvalue weighted by Gasteiger charge is 2.13. The summed E-state index contributed by atoms with van der Waals surface area (Å²) < 4.78 is 5.47. The van der Waals surface area contributed by atoms with E-state index in [0.717, 1.165) is 22.2 Å². The summed E-state index contributed by atoms with van der Waals surface area (Å²) in [6, 6.07) is 3.65. The van der Waals surface area contributed by atoms with Gasteiger partial charge in [0, 0.05) is 5.38 Å². The van der Waals surface area contributed by atoms with Gasteiger partial charge in [-0.1, -0.05) is 0 Å². The van der Waals surface area contributed by atoms with E-state index in [1.54, 1.807) is 11.3 Å². The highest BCUT2D eigenvalue weighted by Crippen LogP contribution is 2.16. The SMILES string of the molecule is Cc1ccc([C@H](C)NC(=O)Cc2csc(C)n2)o1. The zero-order valence-corrected chi connectivity index (χ0v) is 11.5. The minimum Gasteiger partial charge on any atom is -0.464 e. The summed E-state index contributed by atoms with van der Waals surface area (Å²) in [6.07, 6.45) is 0.314. The van der Waals surface area contributed by atoms with Crippen LogP contribution in [-0.2, 0) is 11.2 Å². The van der Waals surface area contributed by atoms with Crippen LogP contribution in [0.15, 0.2) is 21.9 Å². The molecule has 0 bridgehead atoms. The van der Waals surface area contributed by atoms with Crippen LogP contribution in [-0.4, -0.2) is 10.9 Å². The van der Waals surface area contributed by atoms with Gasteiger partial charge in [-0.3, -0.25) is 4.79 Å². The molecule has 0 aliphatic rings. The van der Waals surface area contributed by atoms with E-state index in [2.05, 4.69) is 10.3 Å². The van der Waals surface area contributed by atoms with Gasteiger partial charge in [0.25, 0.3) is 0 Å². The molecule has 2 heterocycles. The number of carbonyl (C=O) groups excluding carboxylic acids is 1. The molecule has 2 rings (SSSR count). The molecule has 0 aliphatic heterocycles. The second-order valence-corrected chi connectivity index (χ2v) is 5.33. The zero-order chi connectivity index (χ0) is 13.1. The van der Waals surface area contributed by atoms with Crippen LogP contribution in [0.3, 0.4) is 0 Å². The summed E-state index contributed by atoms with van der Waals surface area (Å²) in [5.41, 5.74) is 0.817. The summed E-state index contributed by atoms with van der Waals surface area (Å²) in [6.45, 7) is 5.72. The van der Waals surface area contributed by atoms with Crippen LogP contribution in [0.4, 0.5) is 0 Å². The van der Waals surface area contributed by atoms with Crippen molar-refractivity contribution in [3.05, 3.63) is 39.7 Å². The third-order valence-corrected chi connectivity index (χ3v) is 3.40. The normalized spacial score (nSPS) is 12.4. The lowest BCUT2D eigenvalue weighted by molar-refractivity contribution is -0.121. The molecule has 0 unspecified atom stereocenters. The van der Waals surface area contributed by atoms with E-state index >= 15 is 0 Å². The third kappa shape index (κ3) is 3.20. The first-order valence-electron chi connectivity index (χ1n) is 5.81. The van der Waals surface area contributed by atoms with E-state index < -0.39 is 0 Å². The van der Waals surface area contributed by atoms with Gasteiger partial charge in [0.1, 0.15) is 11.5 Å². The first kappa shape index (κ1) is 12.8. The number of nitrogens with one attached hydrogen (secondary N) is 1. The number of thiazole rings is 1. The van der Waals surface area contributed by atoms with Crippen molar-refractivity contribution in [2.24, 2.45) is 0 Å². The zero-order valence-electron chi connectivity index (χ0n) is 10.7. The molecule has 0 saturated carbocycles. The van der Waals surface area contributed by atoms with Gasteiger partial charge in [-0.2, -0.15) is 0 Å². The molecule has 0 aromatic carbocycles. The minimum absolute atomic E-state index is 0.0400. The fourth-order valence-corrected chi connectivity index (χ4v) is 2.32. The van der Waals surface area contributed by atoms with Gasteiger partial charge in [-0.15, -0.1) is 11.3 Å². The topological polar surface area (TPSA) is 55.1 Å². The number of amides is 1. The number of hydrogen-bond donors (Lipinski definition) is 1. The Bertz CT molecular complexity index is 545. The summed E-state index contributed by atoms with van der Waals surface area (Å²) in [4.78, 5) is 16.1. The Hall–Kier alpha value is -1.62. The molecular weight excluding hydrogens is 248 g/mol. The largest absolute Gasteiger partial charge is 0.464 e. The van der Waals surface area contributed by atoms with E-state index in [4.69, 9.17) is 4.42 Å². The second-order valence-electron chi connectivity index (χ2n) is 4.27. The summed E-state index contributed by atoms with van der Waals surface area (Å²) >= 11 is 1.56. The van der Waals surface area contributed by atoms with Crippen LogP contribution < -0.4 is 5.32 Å². The maximum Gasteiger partial charge on any atom is 0.226 e. The quantitative estimate of drug-likeness (QED) is 0.923. The van der Waals surface area contributed by atoms with E-state index in [1.807, 2.05) is 38.3 Å². The van der Waals surface area contributed by atoms with E-state index in [-0.39, 0.29) is 11.9 Å². The lowest BCUT2D eigenvalue weighted by Gasteiger charge is -2.10. The molecule has 2 aromatic rings. The Labute approximate surface area is 110 Å². The third-order valence-electron chi connectivity index (χ3n) is 2.57. The van der Waals surface area contributed by atoms with Gasteiger partial charge in [0.05, 0.1) is 23.2 Å². The Kier molecular flexibility index (Phi) is 3.81. The Balaban J connectivity index is 1.91. The van der Waals surface area contributed by atoms with Crippen molar-refractivity contribution in [2.45, 2.75) is 33.2 Å². The van der Waals surface area contributed by atoms with Crippen LogP contribution in [0.25, 0.3) is 0 Å². The Morgan fingerprint density at radius 2 is 2.28 bits per heavy atom. The lowest BCUT2D eigenvalue weighted by atomic mass is 10.2. The highest BCUT2D eigenvalue weighted by atomic mass is 32.1. The van der Waals surface area contributed by atoms with Crippen LogP contribution >= 0.6 is 11.3 Å². The fourth-order valence-electron chi connectivity index (χ4n) is 1.70. The number of aryl methyl sites for hydroxylation is 2. The standard InChI is InChI=1S/C13H16N2O2S/c1-8-4-5-12(17-8)9(2)14-13(16)6-11-7-18-10(3)15-11/h4-5,7,9H,6H2,1-3H3,(H,14,16)/t9-/m0/s1. The maximum absolute atomic E-state index is 11.8. The highest BCUT2D eigenvalue weighted by molar-refractivity contribution is 7.09. The molecule has 1 amide bonds. The van der Waals surface area contributed by atoms with E-state index in [9.17, 15) is 4.79 Å². The van der Waals surface area contributed by atoms with Crippen molar-refractivity contribution < 1.29 is 9.21 Å². The number of rotatable bonds is 4. The molecule has 18 heavy (non-hydrogen) atoms. The van der Waals surface area contributed by atoms with Crippen molar-refractivity contribution in [3.8, 4) is 0 Å². The first-order chi connectivity index (χ1) is 8.54. The first-order valence-corrected chi connectivity index (χ1v) is 6.69. The average Bonchev–Trinajstić information content (AvgIpc) is 2.87. The monoisotopic (exact) mass is 264 g/mol. The number of furan rings is 1. The molecule has 2 aromatic heterocycles. The average molecular weight is 264 g/mol. The summed E-state index contributed by atoms with van der Waals surface area (Å²) in [5.74, 6) is 1.58. The molecule has 0 saturated heterocycles. The van der Waals surface area contributed by atoms with Gasteiger partial charge in [-0.25, -0.2) is 4.98 Å².